The van der Waals surface area contributed by atoms with Crippen LogP contribution in [0.3, 0.4) is 0 Å². The molecule has 0 amide bonds. The number of benzene rings is 2. The van der Waals surface area contributed by atoms with Crippen molar-refractivity contribution >= 4 is 17.8 Å². The monoisotopic (exact) mass is 391 g/mol. The number of Topliss-reactive ketones (excluding diaryl/α,β-unsaturated/α-hetero) is 1. The zero-order valence-electron chi connectivity index (χ0n) is 16.6. The van der Waals surface area contributed by atoms with Gasteiger partial charge < -0.3 is 9.47 Å². The Hall–Kier alpha value is -2.92. The van der Waals surface area contributed by atoms with Crippen LogP contribution in [0.4, 0.5) is 0 Å². The van der Waals surface area contributed by atoms with Crippen LogP contribution in [0.1, 0.15) is 40.7 Å². The van der Waals surface area contributed by atoms with Crippen LogP contribution in [0.25, 0.3) is 6.08 Å². The Kier molecular flexibility index (Phi) is 5.49. The van der Waals surface area contributed by atoms with E-state index in [2.05, 4.69) is 33.9 Å². The highest BCUT2D eigenvalue weighted by Crippen LogP contribution is 2.40. The van der Waals surface area contributed by atoms with Crippen LogP contribution >= 0.6 is 0 Å². The lowest BCUT2D eigenvalue weighted by Gasteiger charge is -2.44. The summed E-state index contributed by atoms with van der Waals surface area (Å²) in [5.41, 5.74) is 2.30. The molecule has 29 heavy (non-hydrogen) atoms. The lowest BCUT2D eigenvalue weighted by atomic mass is 9.82. The smallest absolute Gasteiger partial charge is 0.330 e. The first-order chi connectivity index (χ1) is 14.1. The number of ketones is 1. The van der Waals surface area contributed by atoms with Gasteiger partial charge in [0.25, 0.3) is 0 Å². The third kappa shape index (κ3) is 4.40. The summed E-state index contributed by atoms with van der Waals surface area (Å²) in [6, 6.07) is 15.9. The van der Waals surface area contributed by atoms with E-state index in [4.69, 9.17) is 4.74 Å². The van der Waals surface area contributed by atoms with E-state index in [-0.39, 0.29) is 5.78 Å². The summed E-state index contributed by atoms with van der Waals surface area (Å²) in [4.78, 5) is 26.5. The topological polar surface area (TPSA) is 55.8 Å². The highest BCUT2D eigenvalue weighted by Gasteiger charge is 2.42. The van der Waals surface area contributed by atoms with Gasteiger partial charge in [-0.3, -0.25) is 9.69 Å². The van der Waals surface area contributed by atoms with Crippen molar-refractivity contribution in [3.05, 3.63) is 71.3 Å². The van der Waals surface area contributed by atoms with Crippen LogP contribution in [0, 0.1) is 0 Å². The third-order valence-corrected chi connectivity index (χ3v) is 5.74. The maximum Gasteiger partial charge on any atom is 0.330 e. The summed E-state index contributed by atoms with van der Waals surface area (Å²) in [7, 11) is 1.34. The molecule has 2 heterocycles. The number of ether oxygens (including phenoxy) is 2. The predicted molar refractivity (Wildman–Crippen MR) is 111 cm³/mol. The minimum atomic E-state index is -0.429. The maximum absolute atomic E-state index is 12.8. The molecule has 0 aromatic heterocycles. The van der Waals surface area contributed by atoms with Crippen LogP contribution in [0.5, 0.6) is 5.75 Å². The number of likely N-dealkylation sites (tertiary alicyclic amines) is 1. The number of piperidine rings is 1. The maximum atomic E-state index is 12.8. The van der Waals surface area contributed by atoms with Gasteiger partial charge in [-0.15, -0.1) is 0 Å². The number of methoxy groups -OCH3 is 1. The Morgan fingerprint density at radius 2 is 1.93 bits per heavy atom. The average molecular weight is 391 g/mol. The number of hydrogen-bond donors (Lipinski definition) is 0. The summed E-state index contributed by atoms with van der Waals surface area (Å²) >= 11 is 0. The lowest BCUT2D eigenvalue weighted by Crippen LogP contribution is -2.50. The number of nitrogens with zero attached hydrogens (tertiary/aromatic N) is 1. The van der Waals surface area contributed by atoms with Crippen LogP contribution < -0.4 is 4.74 Å². The first kappa shape index (κ1) is 19.4. The fourth-order valence-electron chi connectivity index (χ4n) is 4.09. The zero-order valence-corrected chi connectivity index (χ0v) is 16.6. The molecule has 0 aliphatic carbocycles. The van der Waals surface area contributed by atoms with Crippen molar-refractivity contribution in [3.63, 3.8) is 0 Å². The van der Waals surface area contributed by atoms with E-state index in [0.717, 1.165) is 38.0 Å². The van der Waals surface area contributed by atoms with Crippen molar-refractivity contribution in [2.45, 2.75) is 31.4 Å². The Labute approximate surface area is 170 Å². The van der Waals surface area contributed by atoms with Crippen LogP contribution in [-0.2, 0) is 16.1 Å². The minimum absolute atomic E-state index is 0.131. The SMILES string of the molecule is COC(=O)C=Cc1ccc2c(c1)OC1(CCN(Cc3ccccc3)CC1)CC2=O. The van der Waals surface area contributed by atoms with Gasteiger partial charge in [0.1, 0.15) is 11.4 Å². The molecule has 0 saturated carbocycles. The quantitative estimate of drug-likeness (QED) is 0.585. The van der Waals surface area contributed by atoms with Gasteiger partial charge in [-0.2, -0.15) is 0 Å². The highest BCUT2D eigenvalue weighted by atomic mass is 16.5. The van der Waals surface area contributed by atoms with Gasteiger partial charge in [0.05, 0.1) is 19.1 Å². The summed E-state index contributed by atoms with van der Waals surface area (Å²) < 4.78 is 11.0. The van der Waals surface area contributed by atoms with E-state index in [9.17, 15) is 9.59 Å². The van der Waals surface area contributed by atoms with Crippen molar-refractivity contribution in [3.8, 4) is 5.75 Å². The second-order valence-corrected chi connectivity index (χ2v) is 7.76. The Bertz CT molecular complexity index is 927. The van der Waals surface area contributed by atoms with E-state index in [1.54, 1.807) is 12.1 Å². The fraction of sp³-hybridized carbons (Fsp3) is 0.333. The van der Waals surface area contributed by atoms with Gasteiger partial charge in [-0.25, -0.2) is 4.79 Å². The molecular weight excluding hydrogens is 366 g/mol. The first-order valence-electron chi connectivity index (χ1n) is 9.95. The van der Waals surface area contributed by atoms with Gasteiger partial charge in [-0.1, -0.05) is 36.4 Å². The van der Waals surface area contributed by atoms with Crippen molar-refractivity contribution in [2.75, 3.05) is 20.2 Å². The van der Waals surface area contributed by atoms with E-state index in [1.165, 1.54) is 18.7 Å². The molecule has 5 heteroatoms. The zero-order chi connectivity index (χ0) is 20.3. The molecule has 0 bridgehead atoms. The third-order valence-electron chi connectivity index (χ3n) is 5.74. The standard InChI is InChI=1S/C24H25NO4/c1-28-23(27)10-8-18-7-9-20-21(26)16-24(29-22(20)15-18)11-13-25(14-12-24)17-19-5-3-2-4-6-19/h2-10,15H,11-14,16-17H2,1H3. The number of rotatable bonds is 4. The Morgan fingerprint density at radius 1 is 1.17 bits per heavy atom. The van der Waals surface area contributed by atoms with Crippen molar-refractivity contribution in [2.24, 2.45) is 0 Å². The molecule has 0 atom stereocenters. The van der Waals surface area contributed by atoms with E-state index >= 15 is 0 Å². The second-order valence-electron chi connectivity index (χ2n) is 7.76. The molecular formula is C24H25NO4. The lowest BCUT2D eigenvalue weighted by molar-refractivity contribution is -0.134. The molecule has 1 fully saturated rings. The molecule has 4 rings (SSSR count). The number of carbonyl (C=O) groups excluding carboxylic acids is 2. The molecule has 0 N–H and O–H groups in total. The summed E-state index contributed by atoms with van der Waals surface area (Å²) in [6.45, 7) is 2.73. The minimum Gasteiger partial charge on any atom is -0.486 e. The summed E-state index contributed by atoms with van der Waals surface area (Å²) in [6.07, 6.45) is 5.12. The molecule has 1 saturated heterocycles. The van der Waals surface area contributed by atoms with Crippen LogP contribution in [-0.4, -0.2) is 42.5 Å². The van der Waals surface area contributed by atoms with E-state index < -0.39 is 11.6 Å². The van der Waals surface area contributed by atoms with Gasteiger partial charge in [0, 0.05) is 38.6 Å². The number of esters is 1. The van der Waals surface area contributed by atoms with E-state index in [1.807, 2.05) is 18.2 Å². The molecule has 0 radical (unpaired) electrons. The molecule has 5 nitrogen and oxygen atoms in total. The fourth-order valence-corrected chi connectivity index (χ4v) is 4.09. The van der Waals surface area contributed by atoms with Crippen molar-refractivity contribution in [1.82, 2.24) is 4.90 Å². The van der Waals surface area contributed by atoms with Gasteiger partial charge in [0.2, 0.25) is 0 Å². The number of fused-ring (bicyclic) bond motifs is 1. The van der Waals surface area contributed by atoms with Crippen LogP contribution in [0.15, 0.2) is 54.6 Å². The second kappa shape index (κ2) is 8.21. The first-order valence-corrected chi connectivity index (χ1v) is 9.95. The van der Waals surface area contributed by atoms with Gasteiger partial charge in [-0.05, 0) is 29.3 Å². The molecule has 2 aromatic rings. The molecule has 150 valence electrons. The molecule has 2 aliphatic rings. The molecule has 0 unspecified atom stereocenters. The summed E-state index contributed by atoms with van der Waals surface area (Å²) in [5.74, 6) is 0.331. The number of hydrogen-bond acceptors (Lipinski definition) is 5. The van der Waals surface area contributed by atoms with Gasteiger partial charge >= 0.3 is 5.97 Å². The van der Waals surface area contributed by atoms with E-state index in [0.29, 0.717) is 17.7 Å². The largest absolute Gasteiger partial charge is 0.486 e. The molecule has 2 aromatic carbocycles. The highest BCUT2D eigenvalue weighted by molar-refractivity contribution is 6.00. The molecule has 2 aliphatic heterocycles. The Balaban J connectivity index is 1.46. The van der Waals surface area contributed by atoms with Crippen molar-refractivity contribution < 1.29 is 19.1 Å². The Morgan fingerprint density at radius 3 is 2.66 bits per heavy atom. The molecule has 1 spiro atoms. The normalized spacial score (nSPS) is 18.4. The summed E-state index contributed by atoms with van der Waals surface area (Å²) in [5, 5.41) is 0. The van der Waals surface area contributed by atoms with Gasteiger partial charge in [0.15, 0.2) is 5.78 Å². The average Bonchev–Trinajstić information content (AvgIpc) is 2.74. The van der Waals surface area contributed by atoms with Crippen molar-refractivity contribution in [1.29, 1.82) is 0 Å². The number of carbonyl (C=O) groups is 2. The predicted octanol–water partition coefficient (Wildman–Crippen LogP) is 3.87. The van der Waals surface area contributed by atoms with Crippen LogP contribution in [0.2, 0.25) is 0 Å².